The summed E-state index contributed by atoms with van der Waals surface area (Å²) >= 11 is 0. The molecular weight excluding hydrogens is 502 g/mol. The highest BCUT2D eigenvalue weighted by Crippen LogP contribution is 2.23. The molecule has 1 saturated carbocycles. The minimum atomic E-state index is -0.112. The molecule has 9 heteroatoms. The number of ketones is 1. The number of nitrogens with zero attached hydrogens (tertiary/aromatic N) is 6. The van der Waals surface area contributed by atoms with E-state index in [0.717, 1.165) is 36.9 Å². The largest absolute Gasteiger partial charge is 0.331 e. The van der Waals surface area contributed by atoms with Gasteiger partial charge in [0, 0.05) is 35.4 Å². The van der Waals surface area contributed by atoms with Crippen molar-refractivity contribution in [3.05, 3.63) is 82.4 Å². The van der Waals surface area contributed by atoms with Gasteiger partial charge in [-0.3, -0.25) is 9.59 Å². The van der Waals surface area contributed by atoms with Gasteiger partial charge in [-0.05, 0) is 80.1 Å². The lowest BCUT2D eigenvalue weighted by Crippen LogP contribution is -2.31. The first-order chi connectivity index (χ1) is 19.5. The van der Waals surface area contributed by atoms with Gasteiger partial charge in [-0.25, -0.2) is 0 Å². The molecule has 0 saturated heterocycles. The number of pyridine rings is 1. The van der Waals surface area contributed by atoms with Gasteiger partial charge in [0.05, 0.1) is 19.3 Å². The van der Waals surface area contributed by atoms with Crippen LogP contribution in [0.1, 0.15) is 89.3 Å². The summed E-state index contributed by atoms with van der Waals surface area (Å²) in [6.45, 7) is 5.81. The Morgan fingerprint density at radius 1 is 1.05 bits per heavy atom. The Bertz CT molecular complexity index is 1460. The Kier molecular flexibility index (Phi) is 8.69. The van der Waals surface area contributed by atoms with Gasteiger partial charge in [-0.15, -0.1) is 10.2 Å². The maximum Gasteiger partial charge on any atom is 0.254 e. The predicted octanol–water partition coefficient (Wildman–Crippen LogP) is 4.38. The van der Waals surface area contributed by atoms with Gasteiger partial charge in [-0.2, -0.15) is 4.80 Å². The summed E-state index contributed by atoms with van der Waals surface area (Å²) in [6, 6.07) is 14.4. The number of carbonyl (C=O) groups excluding carboxylic acids is 2. The molecule has 0 atom stereocenters. The van der Waals surface area contributed by atoms with Crippen molar-refractivity contribution in [3.63, 3.8) is 0 Å². The SMILES string of the molecule is CCc1cc2cc(C(=O)N(CC)Cc3nnn(C)n3)ccn2c1C(=O)c1ccc(CCCNC2CCCC2)cc1. The van der Waals surface area contributed by atoms with Crippen molar-refractivity contribution in [1.29, 1.82) is 0 Å². The first-order valence-corrected chi connectivity index (χ1v) is 14.5. The molecule has 0 bridgehead atoms. The van der Waals surface area contributed by atoms with Crippen molar-refractivity contribution < 1.29 is 9.59 Å². The molecule has 1 aliphatic rings. The van der Waals surface area contributed by atoms with Crippen LogP contribution in [0.5, 0.6) is 0 Å². The second-order valence-corrected chi connectivity index (χ2v) is 10.7. The average Bonchev–Trinajstić information content (AvgIpc) is 3.73. The molecule has 0 radical (unpaired) electrons. The van der Waals surface area contributed by atoms with E-state index in [1.165, 1.54) is 36.0 Å². The highest BCUT2D eigenvalue weighted by molar-refractivity contribution is 6.10. The molecule has 0 unspecified atom stereocenters. The number of benzene rings is 1. The van der Waals surface area contributed by atoms with Gasteiger partial charge in [0.25, 0.3) is 5.91 Å². The number of aryl methyl sites for hydroxylation is 3. The number of hydrogen-bond donors (Lipinski definition) is 1. The molecule has 0 aliphatic heterocycles. The number of rotatable bonds is 12. The van der Waals surface area contributed by atoms with E-state index in [1.54, 1.807) is 18.0 Å². The number of carbonyl (C=O) groups is 2. The van der Waals surface area contributed by atoms with Crippen LogP contribution in [0.2, 0.25) is 0 Å². The van der Waals surface area contributed by atoms with Crippen molar-refractivity contribution in [2.75, 3.05) is 13.1 Å². The Balaban J connectivity index is 1.29. The third-order valence-corrected chi connectivity index (χ3v) is 7.89. The summed E-state index contributed by atoms with van der Waals surface area (Å²) in [5, 5.41) is 15.7. The van der Waals surface area contributed by atoms with Crippen LogP contribution in [0.3, 0.4) is 0 Å². The average molecular weight is 542 g/mol. The molecule has 5 rings (SSSR count). The van der Waals surface area contributed by atoms with Crippen LogP contribution in [0, 0.1) is 0 Å². The van der Waals surface area contributed by atoms with E-state index in [4.69, 9.17) is 0 Å². The van der Waals surface area contributed by atoms with Gasteiger partial charge in [0.1, 0.15) is 0 Å². The van der Waals surface area contributed by atoms with E-state index < -0.39 is 0 Å². The molecule has 1 aromatic carbocycles. The minimum Gasteiger partial charge on any atom is -0.331 e. The first-order valence-electron chi connectivity index (χ1n) is 14.5. The molecule has 1 fully saturated rings. The summed E-state index contributed by atoms with van der Waals surface area (Å²) in [7, 11) is 1.70. The Hall–Kier alpha value is -3.85. The fraction of sp³-hybridized carbons (Fsp3) is 0.452. The zero-order valence-corrected chi connectivity index (χ0v) is 23.8. The van der Waals surface area contributed by atoms with Crippen LogP contribution in [-0.2, 0) is 26.4 Å². The summed E-state index contributed by atoms with van der Waals surface area (Å²) in [5.41, 5.74) is 4.93. The summed E-state index contributed by atoms with van der Waals surface area (Å²) in [6.07, 6.45) is 9.96. The Morgan fingerprint density at radius 3 is 2.50 bits per heavy atom. The minimum absolute atomic E-state index is 0.00529. The van der Waals surface area contributed by atoms with Crippen molar-refractivity contribution in [2.45, 2.75) is 71.4 Å². The van der Waals surface area contributed by atoms with E-state index in [-0.39, 0.29) is 18.2 Å². The predicted molar refractivity (Wildman–Crippen MR) is 154 cm³/mol. The molecule has 3 heterocycles. The van der Waals surface area contributed by atoms with Crippen LogP contribution >= 0.6 is 0 Å². The van der Waals surface area contributed by atoms with E-state index in [9.17, 15) is 9.59 Å². The maximum atomic E-state index is 13.7. The van der Waals surface area contributed by atoms with Crippen molar-refractivity contribution in [1.82, 2.24) is 34.8 Å². The standard InChI is InChI=1S/C31H39N7O2/c1-4-23-19-27-20-25(31(40)37(5-2)21-28-33-35-36(3)34-28)16-18-38(27)29(23)30(39)24-14-12-22(13-15-24)9-8-17-32-26-10-6-7-11-26/h12-16,18-20,26,32H,4-11,17,21H2,1-3H3. The van der Waals surface area contributed by atoms with E-state index in [2.05, 4.69) is 32.9 Å². The summed E-state index contributed by atoms with van der Waals surface area (Å²) < 4.78 is 1.90. The first kappa shape index (κ1) is 27.7. The lowest BCUT2D eigenvalue weighted by atomic mass is 10.0. The molecular formula is C31H39N7O2. The number of nitrogens with one attached hydrogen (secondary N) is 1. The number of hydrogen-bond acceptors (Lipinski definition) is 6. The fourth-order valence-electron chi connectivity index (χ4n) is 5.65. The molecule has 210 valence electrons. The topological polar surface area (TPSA) is 97.4 Å². The van der Waals surface area contributed by atoms with Gasteiger partial charge >= 0.3 is 0 Å². The molecule has 9 nitrogen and oxygen atoms in total. The smallest absolute Gasteiger partial charge is 0.254 e. The molecule has 1 aliphatic carbocycles. The molecule has 1 amide bonds. The summed E-state index contributed by atoms with van der Waals surface area (Å²) in [4.78, 5) is 30.0. The second kappa shape index (κ2) is 12.6. The molecule has 0 spiro atoms. The van der Waals surface area contributed by atoms with Crippen LogP contribution in [-0.4, -0.2) is 60.3 Å². The van der Waals surface area contributed by atoms with E-state index in [0.29, 0.717) is 35.2 Å². The van der Waals surface area contributed by atoms with E-state index in [1.807, 2.05) is 48.7 Å². The number of tetrazole rings is 1. The quantitative estimate of drug-likeness (QED) is 0.211. The highest BCUT2D eigenvalue weighted by atomic mass is 16.2. The maximum absolute atomic E-state index is 13.7. The van der Waals surface area contributed by atoms with Crippen LogP contribution in [0.25, 0.3) is 5.52 Å². The molecule has 1 N–H and O–H groups in total. The second-order valence-electron chi connectivity index (χ2n) is 10.7. The van der Waals surface area contributed by atoms with Crippen molar-refractivity contribution in [2.24, 2.45) is 7.05 Å². The lowest BCUT2D eigenvalue weighted by Gasteiger charge is -2.19. The monoisotopic (exact) mass is 541 g/mol. The number of aromatic nitrogens is 5. The molecule has 3 aromatic heterocycles. The molecule has 4 aromatic rings. The Morgan fingerprint density at radius 2 is 1.82 bits per heavy atom. The van der Waals surface area contributed by atoms with Crippen LogP contribution < -0.4 is 5.32 Å². The zero-order chi connectivity index (χ0) is 28.1. The van der Waals surface area contributed by atoms with E-state index >= 15 is 0 Å². The summed E-state index contributed by atoms with van der Waals surface area (Å²) in [5.74, 6) is 0.377. The van der Waals surface area contributed by atoms with Gasteiger partial charge in [-0.1, -0.05) is 44.0 Å². The van der Waals surface area contributed by atoms with Crippen molar-refractivity contribution in [3.8, 4) is 0 Å². The van der Waals surface area contributed by atoms with Gasteiger partial charge in [0.15, 0.2) is 5.82 Å². The molecule has 40 heavy (non-hydrogen) atoms. The highest BCUT2D eigenvalue weighted by Gasteiger charge is 2.21. The van der Waals surface area contributed by atoms with Crippen LogP contribution in [0.4, 0.5) is 0 Å². The third-order valence-electron chi connectivity index (χ3n) is 7.89. The normalized spacial score (nSPS) is 13.8. The van der Waals surface area contributed by atoms with Crippen molar-refractivity contribution >= 4 is 17.2 Å². The number of amides is 1. The van der Waals surface area contributed by atoms with Gasteiger partial charge < -0.3 is 14.6 Å². The third kappa shape index (κ3) is 6.14. The lowest BCUT2D eigenvalue weighted by molar-refractivity contribution is 0.0748. The van der Waals surface area contributed by atoms with Crippen LogP contribution in [0.15, 0.2) is 48.7 Å². The Labute approximate surface area is 235 Å². The number of fused-ring (bicyclic) bond motifs is 1. The van der Waals surface area contributed by atoms with Gasteiger partial charge in [0.2, 0.25) is 5.78 Å². The fourth-order valence-corrected chi connectivity index (χ4v) is 5.65. The zero-order valence-electron chi connectivity index (χ0n) is 23.8.